The number of nitrogens with one attached hydrogen (secondary N) is 2. The minimum absolute atomic E-state index is 0. The van der Waals surface area contributed by atoms with E-state index in [4.69, 9.17) is 16.3 Å². The summed E-state index contributed by atoms with van der Waals surface area (Å²) in [6.45, 7) is 5.72. The molecule has 1 aromatic carbocycles. The van der Waals surface area contributed by atoms with Crippen molar-refractivity contribution in [3.63, 3.8) is 0 Å². The average Bonchev–Trinajstić information content (AvgIpc) is 2.93. The smallest absolute Gasteiger partial charge is 0.344 e. The van der Waals surface area contributed by atoms with Crippen molar-refractivity contribution >= 4 is 35.0 Å². The van der Waals surface area contributed by atoms with Crippen molar-refractivity contribution in [3.8, 4) is 11.4 Å². The molecule has 9 nitrogen and oxygen atoms in total. The molecule has 3 heterocycles. The number of anilines is 2. The zero-order chi connectivity index (χ0) is 28.8. The molecule has 0 aliphatic heterocycles. The Balaban J connectivity index is 0.00000462. The van der Waals surface area contributed by atoms with E-state index in [9.17, 15) is 14.0 Å². The molecule has 214 valence electrons. The van der Waals surface area contributed by atoms with Gasteiger partial charge in [0.25, 0.3) is 5.91 Å². The Bertz CT molecular complexity index is 1550. The Labute approximate surface area is 259 Å². The Kier molecular flexibility index (Phi) is 11.1. The number of aromatic nitrogens is 4. The molecule has 1 amide bonds. The van der Waals surface area contributed by atoms with Crippen molar-refractivity contribution in [1.82, 2.24) is 20.3 Å². The van der Waals surface area contributed by atoms with Crippen LogP contribution in [0, 0.1) is 5.82 Å². The first-order valence-corrected chi connectivity index (χ1v) is 13.0. The highest BCUT2D eigenvalue weighted by molar-refractivity contribution is 6.30. The maximum atomic E-state index is 14.5. The lowest BCUT2D eigenvalue weighted by atomic mass is 10.1. The number of carbonyl (C=O) groups excluding carboxylic acids is 2. The van der Waals surface area contributed by atoms with E-state index in [1.54, 1.807) is 42.1 Å². The van der Waals surface area contributed by atoms with Crippen molar-refractivity contribution in [2.75, 3.05) is 11.9 Å². The second-order valence-electron chi connectivity index (χ2n) is 9.51. The third-order valence-corrected chi connectivity index (χ3v) is 6.20. The summed E-state index contributed by atoms with van der Waals surface area (Å²) in [5.41, 5.74) is 2.02. The third kappa shape index (κ3) is 8.17. The van der Waals surface area contributed by atoms with Gasteiger partial charge >= 0.3 is 5.97 Å². The number of halogens is 3. The number of esters is 1. The van der Waals surface area contributed by atoms with Gasteiger partial charge in [0.1, 0.15) is 30.4 Å². The fraction of sp³-hybridized carbons (Fsp3) is 0.241. The molecule has 0 saturated heterocycles. The molecule has 0 bridgehead atoms. The third-order valence-electron chi connectivity index (χ3n) is 5.96. The largest absolute Gasteiger partial charge is 1.00 e. The Hall–Kier alpha value is -3.71. The monoisotopic (exact) mass is 690 g/mol. The quantitative estimate of drug-likeness (QED) is 0.157. The summed E-state index contributed by atoms with van der Waals surface area (Å²) in [5.74, 6) is -0.827. The number of benzene rings is 1. The Morgan fingerprint density at radius 3 is 2.66 bits per heavy atom. The van der Waals surface area contributed by atoms with E-state index in [2.05, 4.69) is 25.6 Å². The summed E-state index contributed by atoms with van der Waals surface area (Å²) in [5, 5.41) is 6.34. The lowest BCUT2D eigenvalue weighted by molar-refractivity contribution is -0.671. The first-order chi connectivity index (χ1) is 19.1. The zero-order valence-electron chi connectivity index (χ0n) is 22.9. The van der Waals surface area contributed by atoms with Crippen LogP contribution in [0.2, 0.25) is 5.02 Å². The molecule has 41 heavy (non-hydrogen) atoms. The number of nitrogens with zero attached hydrogens (tertiary/aromatic N) is 4. The van der Waals surface area contributed by atoms with Gasteiger partial charge in [-0.2, -0.15) is 0 Å². The van der Waals surface area contributed by atoms with Crippen LogP contribution in [-0.4, -0.2) is 39.5 Å². The van der Waals surface area contributed by atoms with E-state index in [1.165, 1.54) is 30.6 Å². The van der Waals surface area contributed by atoms with E-state index in [0.29, 0.717) is 22.1 Å². The molecule has 3 aromatic heterocycles. The van der Waals surface area contributed by atoms with Gasteiger partial charge in [-0.15, -0.1) is 0 Å². The fourth-order valence-corrected chi connectivity index (χ4v) is 4.03. The number of ether oxygens (including phenoxy) is 1. The van der Waals surface area contributed by atoms with Gasteiger partial charge in [-0.05, 0) is 43.2 Å². The van der Waals surface area contributed by atoms with Gasteiger partial charge in [0.05, 0.1) is 23.4 Å². The molecule has 4 aromatic rings. The molecule has 12 heteroatoms. The van der Waals surface area contributed by atoms with Crippen LogP contribution in [0.25, 0.3) is 11.4 Å². The summed E-state index contributed by atoms with van der Waals surface area (Å²) in [6.07, 6.45) is 7.47. The standard InChI is InChI=1S/C29H28ClFN6O3.HI/c1-17(2)22-15-33-26(21-12-20(30)7-8-24(21)31)36-27(22)35-25-9-10-32-14-23(25)28(38)34-13-18(3)40-29(39)19-6-5-11-37(4)16-19;/h5-12,14-18H,13H2,1-4H3,(H-,32,33,34,35,36,38);1H. The highest BCUT2D eigenvalue weighted by Crippen LogP contribution is 2.30. The molecule has 2 N–H and O–H groups in total. The van der Waals surface area contributed by atoms with Crippen LogP contribution < -0.4 is 39.2 Å². The van der Waals surface area contributed by atoms with Gasteiger partial charge in [0.2, 0.25) is 0 Å². The summed E-state index contributed by atoms with van der Waals surface area (Å²) in [6, 6.07) is 9.21. The Morgan fingerprint density at radius 2 is 1.93 bits per heavy atom. The summed E-state index contributed by atoms with van der Waals surface area (Å²) in [4.78, 5) is 38.6. The number of amides is 1. The predicted octanol–water partition coefficient (Wildman–Crippen LogP) is 2.00. The molecule has 0 saturated carbocycles. The van der Waals surface area contributed by atoms with Crippen molar-refractivity contribution in [2.24, 2.45) is 7.05 Å². The van der Waals surface area contributed by atoms with Crippen LogP contribution >= 0.6 is 11.6 Å². The van der Waals surface area contributed by atoms with Crippen LogP contribution in [-0.2, 0) is 11.8 Å². The molecule has 0 aliphatic rings. The summed E-state index contributed by atoms with van der Waals surface area (Å²) in [7, 11) is 1.81. The number of pyridine rings is 2. The average molecular weight is 691 g/mol. The van der Waals surface area contributed by atoms with Crippen LogP contribution in [0.15, 0.2) is 67.4 Å². The molecule has 0 spiro atoms. The molecule has 0 radical (unpaired) electrons. The molecular formula is C29H29ClFIN6O3. The maximum absolute atomic E-state index is 14.5. The highest BCUT2D eigenvalue weighted by atomic mass is 127. The first kappa shape index (κ1) is 31.8. The van der Waals surface area contributed by atoms with E-state index >= 15 is 0 Å². The van der Waals surface area contributed by atoms with Crippen LogP contribution in [0.3, 0.4) is 0 Å². The first-order valence-electron chi connectivity index (χ1n) is 12.6. The number of aryl methyl sites for hydroxylation is 1. The fourth-order valence-electron chi connectivity index (χ4n) is 3.86. The van der Waals surface area contributed by atoms with Gasteiger partial charge in [0.15, 0.2) is 18.2 Å². The molecule has 1 atom stereocenters. The van der Waals surface area contributed by atoms with Crippen molar-refractivity contribution in [2.45, 2.75) is 32.8 Å². The second-order valence-corrected chi connectivity index (χ2v) is 9.94. The van der Waals surface area contributed by atoms with E-state index in [0.717, 1.165) is 5.56 Å². The maximum Gasteiger partial charge on any atom is 0.344 e. The van der Waals surface area contributed by atoms with Crippen LogP contribution in [0.5, 0.6) is 0 Å². The van der Waals surface area contributed by atoms with Crippen molar-refractivity contribution < 1.29 is 47.3 Å². The lowest BCUT2D eigenvalue weighted by Gasteiger charge is -2.17. The van der Waals surface area contributed by atoms with Gasteiger partial charge in [-0.1, -0.05) is 25.4 Å². The number of hydrogen-bond donors (Lipinski definition) is 2. The lowest BCUT2D eigenvalue weighted by Crippen LogP contribution is -3.00. The van der Waals surface area contributed by atoms with Gasteiger partial charge in [-0.3, -0.25) is 9.78 Å². The molecule has 0 aliphatic carbocycles. The van der Waals surface area contributed by atoms with Gasteiger partial charge in [-0.25, -0.2) is 23.7 Å². The molecule has 1 unspecified atom stereocenters. The van der Waals surface area contributed by atoms with Crippen molar-refractivity contribution in [3.05, 3.63) is 94.9 Å². The molecular weight excluding hydrogens is 662 g/mol. The minimum Gasteiger partial charge on any atom is -1.00 e. The van der Waals surface area contributed by atoms with E-state index in [1.807, 2.05) is 27.1 Å². The molecule has 0 fully saturated rings. The van der Waals surface area contributed by atoms with E-state index < -0.39 is 23.8 Å². The molecule has 4 rings (SSSR count). The predicted molar refractivity (Wildman–Crippen MR) is 149 cm³/mol. The van der Waals surface area contributed by atoms with Gasteiger partial charge in [0, 0.05) is 35.2 Å². The number of rotatable bonds is 9. The van der Waals surface area contributed by atoms with E-state index in [-0.39, 0.29) is 53.4 Å². The van der Waals surface area contributed by atoms with Crippen LogP contribution in [0.4, 0.5) is 15.9 Å². The minimum atomic E-state index is -0.584. The van der Waals surface area contributed by atoms with Gasteiger partial charge < -0.3 is 39.3 Å². The second kappa shape index (κ2) is 14.3. The summed E-state index contributed by atoms with van der Waals surface area (Å²) < 4.78 is 21.7. The zero-order valence-corrected chi connectivity index (χ0v) is 25.8. The highest BCUT2D eigenvalue weighted by Gasteiger charge is 2.20. The van der Waals surface area contributed by atoms with Crippen molar-refractivity contribution in [1.29, 1.82) is 0 Å². The topological polar surface area (TPSA) is 110 Å². The van der Waals surface area contributed by atoms with Crippen LogP contribution in [0.1, 0.15) is 53.0 Å². The Morgan fingerprint density at radius 1 is 1.15 bits per heavy atom. The number of hydrogen-bond acceptors (Lipinski definition) is 7. The summed E-state index contributed by atoms with van der Waals surface area (Å²) >= 11 is 6.07. The normalized spacial score (nSPS) is 11.4. The SMILES string of the molecule is CC(CNC(=O)c1cnccc1Nc1nc(-c2cc(Cl)ccc2F)ncc1C(C)C)OC(=O)c1ccc[n+](C)c1.[I-]. The number of carbonyl (C=O) groups is 2.